The third kappa shape index (κ3) is 3.40. The van der Waals surface area contributed by atoms with Gasteiger partial charge in [0.1, 0.15) is 11.3 Å². The Morgan fingerprint density at radius 3 is 2.96 bits per heavy atom. The van der Waals surface area contributed by atoms with Crippen LogP contribution in [0.5, 0.6) is 0 Å². The Bertz CT molecular complexity index is 892. The van der Waals surface area contributed by atoms with Crippen molar-refractivity contribution in [2.45, 2.75) is 44.9 Å². The van der Waals surface area contributed by atoms with Crippen molar-refractivity contribution in [2.75, 3.05) is 6.54 Å². The lowest BCUT2D eigenvalue weighted by Gasteiger charge is -2.00. The number of nitrogens with one attached hydrogen (secondary N) is 1. The summed E-state index contributed by atoms with van der Waals surface area (Å²) >= 11 is 0. The molecular formula is C18H21N5O2. The van der Waals surface area contributed by atoms with Gasteiger partial charge >= 0.3 is 0 Å². The van der Waals surface area contributed by atoms with E-state index in [1.54, 1.807) is 6.20 Å². The molecule has 0 saturated heterocycles. The predicted octanol–water partition coefficient (Wildman–Crippen LogP) is 2.66. The van der Waals surface area contributed by atoms with Crippen molar-refractivity contribution in [3.05, 3.63) is 47.5 Å². The minimum atomic E-state index is -0.194. The predicted molar refractivity (Wildman–Crippen MR) is 91.5 cm³/mol. The van der Waals surface area contributed by atoms with Crippen LogP contribution in [0.3, 0.4) is 0 Å². The number of carbonyl (C=O) groups excluding carboxylic acids is 1. The van der Waals surface area contributed by atoms with Gasteiger partial charge in [-0.1, -0.05) is 24.1 Å². The summed E-state index contributed by atoms with van der Waals surface area (Å²) in [7, 11) is 0. The largest absolute Gasteiger partial charge is 0.350 e. The SMILES string of the molecule is Cc1ccc2nc(C(=O)NCCc3noc(C4CCCC4)n3)cn2c1. The van der Waals surface area contributed by atoms with Crippen LogP contribution in [0.4, 0.5) is 0 Å². The maximum Gasteiger partial charge on any atom is 0.271 e. The summed E-state index contributed by atoms with van der Waals surface area (Å²) in [5.74, 6) is 1.61. The first-order valence-electron chi connectivity index (χ1n) is 8.75. The Morgan fingerprint density at radius 1 is 1.28 bits per heavy atom. The first kappa shape index (κ1) is 15.8. The number of rotatable bonds is 5. The maximum atomic E-state index is 12.3. The summed E-state index contributed by atoms with van der Waals surface area (Å²) in [5.41, 5.74) is 2.28. The smallest absolute Gasteiger partial charge is 0.271 e. The highest BCUT2D eigenvalue weighted by Crippen LogP contribution is 2.32. The minimum absolute atomic E-state index is 0.194. The molecule has 0 radical (unpaired) electrons. The molecule has 0 bridgehead atoms. The molecule has 4 rings (SSSR count). The van der Waals surface area contributed by atoms with E-state index in [1.165, 1.54) is 12.8 Å². The van der Waals surface area contributed by atoms with Crippen molar-refractivity contribution < 1.29 is 9.32 Å². The molecule has 3 aromatic rings. The molecule has 130 valence electrons. The average Bonchev–Trinajstić information content (AvgIpc) is 3.34. The fourth-order valence-electron chi connectivity index (χ4n) is 3.30. The van der Waals surface area contributed by atoms with Crippen LogP contribution in [0.15, 0.2) is 29.0 Å². The Labute approximate surface area is 145 Å². The second-order valence-electron chi connectivity index (χ2n) is 6.63. The van der Waals surface area contributed by atoms with Crippen molar-refractivity contribution in [1.82, 2.24) is 24.8 Å². The molecule has 25 heavy (non-hydrogen) atoms. The van der Waals surface area contributed by atoms with Gasteiger partial charge in [0.15, 0.2) is 5.82 Å². The van der Waals surface area contributed by atoms with Crippen LogP contribution in [-0.4, -0.2) is 32.0 Å². The number of amides is 1. The normalized spacial score (nSPS) is 15.1. The van der Waals surface area contributed by atoms with Gasteiger partial charge in [-0.3, -0.25) is 4.79 Å². The molecule has 0 spiro atoms. The van der Waals surface area contributed by atoms with Crippen LogP contribution in [0, 0.1) is 6.92 Å². The Kier molecular flexibility index (Phi) is 4.21. The molecule has 1 fully saturated rings. The van der Waals surface area contributed by atoms with Crippen LogP contribution in [0.1, 0.15) is 59.4 Å². The molecular weight excluding hydrogens is 318 g/mol. The lowest BCUT2D eigenvalue weighted by molar-refractivity contribution is 0.0949. The minimum Gasteiger partial charge on any atom is -0.350 e. The van der Waals surface area contributed by atoms with Gasteiger partial charge in [-0.05, 0) is 31.4 Å². The number of carbonyl (C=O) groups is 1. The van der Waals surface area contributed by atoms with E-state index in [0.29, 0.717) is 30.4 Å². The van der Waals surface area contributed by atoms with Gasteiger partial charge in [-0.15, -0.1) is 0 Å². The summed E-state index contributed by atoms with van der Waals surface area (Å²) in [6.07, 6.45) is 8.97. The van der Waals surface area contributed by atoms with Gasteiger partial charge in [0.25, 0.3) is 5.91 Å². The van der Waals surface area contributed by atoms with E-state index in [1.807, 2.05) is 29.7 Å². The zero-order valence-electron chi connectivity index (χ0n) is 14.2. The van der Waals surface area contributed by atoms with Gasteiger partial charge < -0.3 is 14.2 Å². The van der Waals surface area contributed by atoms with Crippen molar-refractivity contribution >= 4 is 11.6 Å². The molecule has 0 unspecified atom stereocenters. The average molecular weight is 339 g/mol. The lowest BCUT2D eigenvalue weighted by Crippen LogP contribution is -2.26. The number of nitrogens with zero attached hydrogens (tertiary/aromatic N) is 4. The van der Waals surface area contributed by atoms with E-state index >= 15 is 0 Å². The van der Waals surface area contributed by atoms with Crippen molar-refractivity contribution in [2.24, 2.45) is 0 Å². The number of pyridine rings is 1. The Balaban J connectivity index is 1.33. The number of hydrogen-bond acceptors (Lipinski definition) is 5. The van der Waals surface area contributed by atoms with Crippen molar-refractivity contribution in [3.8, 4) is 0 Å². The van der Waals surface area contributed by atoms with E-state index < -0.39 is 0 Å². The van der Waals surface area contributed by atoms with E-state index in [2.05, 4.69) is 20.4 Å². The molecule has 0 aliphatic heterocycles. The summed E-state index contributed by atoms with van der Waals surface area (Å²) in [6.45, 7) is 2.46. The van der Waals surface area contributed by atoms with Crippen LogP contribution in [0.25, 0.3) is 5.65 Å². The number of aromatic nitrogens is 4. The van der Waals surface area contributed by atoms with Crippen molar-refractivity contribution in [3.63, 3.8) is 0 Å². The Hall–Kier alpha value is -2.70. The standard InChI is InChI=1S/C18H21N5O2/c1-12-6-7-16-20-14(11-23(16)10-12)17(24)19-9-8-15-21-18(25-22-15)13-4-2-3-5-13/h6-7,10-11,13H,2-5,8-9H2,1H3,(H,19,24). The van der Waals surface area contributed by atoms with Crippen LogP contribution < -0.4 is 5.32 Å². The molecule has 3 heterocycles. The highest BCUT2D eigenvalue weighted by atomic mass is 16.5. The molecule has 7 nitrogen and oxygen atoms in total. The molecule has 1 N–H and O–H groups in total. The Morgan fingerprint density at radius 2 is 2.12 bits per heavy atom. The summed E-state index contributed by atoms with van der Waals surface area (Å²) < 4.78 is 7.21. The highest BCUT2D eigenvalue weighted by molar-refractivity contribution is 5.92. The van der Waals surface area contributed by atoms with Crippen molar-refractivity contribution in [1.29, 1.82) is 0 Å². The van der Waals surface area contributed by atoms with Crippen LogP contribution in [-0.2, 0) is 6.42 Å². The lowest BCUT2D eigenvalue weighted by atomic mass is 10.1. The number of aryl methyl sites for hydroxylation is 1. The van der Waals surface area contributed by atoms with Gasteiger partial charge in [0.05, 0.1) is 0 Å². The maximum absolute atomic E-state index is 12.3. The third-order valence-electron chi connectivity index (χ3n) is 4.65. The summed E-state index contributed by atoms with van der Waals surface area (Å²) in [5, 5.41) is 6.88. The van der Waals surface area contributed by atoms with Gasteiger partial charge in [0.2, 0.25) is 5.89 Å². The van der Waals surface area contributed by atoms with Crippen LogP contribution >= 0.6 is 0 Å². The quantitative estimate of drug-likeness (QED) is 0.772. The zero-order valence-corrected chi connectivity index (χ0v) is 14.2. The number of hydrogen-bond donors (Lipinski definition) is 1. The molecule has 3 aromatic heterocycles. The summed E-state index contributed by atoms with van der Waals surface area (Å²) in [6, 6.07) is 3.87. The first-order chi connectivity index (χ1) is 12.2. The first-order valence-corrected chi connectivity index (χ1v) is 8.75. The van der Waals surface area contributed by atoms with Gasteiger partial charge in [0, 0.05) is 31.3 Å². The van der Waals surface area contributed by atoms with E-state index in [4.69, 9.17) is 4.52 Å². The van der Waals surface area contributed by atoms with E-state index in [-0.39, 0.29) is 5.91 Å². The highest BCUT2D eigenvalue weighted by Gasteiger charge is 2.22. The molecule has 1 aliphatic rings. The molecule has 1 amide bonds. The van der Waals surface area contributed by atoms with Gasteiger partial charge in [-0.25, -0.2) is 4.98 Å². The third-order valence-corrected chi connectivity index (χ3v) is 4.65. The summed E-state index contributed by atoms with van der Waals surface area (Å²) in [4.78, 5) is 21.0. The number of imidazole rings is 1. The fraction of sp³-hybridized carbons (Fsp3) is 0.444. The molecule has 1 saturated carbocycles. The molecule has 0 atom stereocenters. The second-order valence-corrected chi connectivity index (χ2v) is 6.63. The zero-order chi connectivity index (χ0) is 17.2. The number of fused-ring (bicyclic) bond motifs is 1. The molecule has 1 aliphatic carbocycles. The monoisotopic (exact) mass is 339 g/mol. The van der Waals surface area contributed by atoms with E-state index in [9.17, 15) is 4.79 Å². The van der Waals surface area contributed by atoms with E-state index in [0.717, 1.165) is 29.9 Å². The molecule has 7 heteroatoms. The fourth-order valence-corrected chi connectivity index (χ4v) is 3.30. The second kappa shape index (κ2) is 6.66. The molecule has 0 aromatic carbocycles. The van der Waals surface area contributed by atoms with Crippen LogP contribution in [0.2, 0.25) is 0 Å². The van der Waals surface area contributed by atoms with Gasteiger partial charge in [-0.2, -0.15) is 4.98 Å². The topological polar surface area (TPSA) is 85.3 Å².